The Kier molecular flexibility index (Phi) is 3.08. The summed E-state index contributed by atoms with van der Waals surface area (Å²) in [5.41, 5.74) is 2.69. The fourth-order valence-corrected chi connectivity index (χ4v) is 2.51. The summed E-state index contributed by atoms with van der Waals surface area (Å²) in [5.74, 6) is 1.25. The van der Waals surface area contributed by atoms with Gasteiger partial charge in [-0.3, -0.25) is 4.79 Å². The lowest BCUT2D eigenvalue weighted by Crippen LogP contribution is -2.14. The normalized spacial score (nSPS) is 11.2. The van der Waals surface area contributed by atoms with Gasteiger partial charge >= 0.3 is 0 Å². The SMILES string of the molecule is CCc1cnc(-c2cnn3c(=O)cc(-c4ccccc4)[nH]c23)o1. The predicted molar refractivity (Wildman–Crippen MR) is 86.1 cm³/mol. The topological polar surface area (TPSA) is 76.2 Å². The molecule has 0 radical (unpaired) electrons. The molecule has 0 saturated heterocycles. The molecule has 1 aromatic carbocycles. The smallest absolute Gasteiger partial charge is 0.274 e. The first-order valence-corrected chi connectivity index (χ1v) is 7.38. The Labute approximate surface area is 131 Å². The molecule has 114 valence electrons. The van der Waals surface area contributed by atoms with E-state index in [9.17, 15) is 4.79 Å². The molecule has 6 heteroatoms. The van der Waals surface area contributed by atoms with Crippen LogP contribution in [0, 0.1) is 0 Å². The molecular weight excluding hydrogens is 292 g/mol. The number of rotatable bonds is 3. The van der Waals surface area contributed by atoms with Crippen molar-refractivity contribution in [2.24, 2.45) is 0 Å². The van der Waals surface area contributed by atoms with E-state index in [0.29, 0.717) is 17.1 Å². The van der Waals surface area contributed by atoms with Crippen LogP contribution < -0.4 is 5.56 Å². The molecule has 0 fully saturated rings. The first-order valence-electron chi connectivity index (χ1n) is 7.38. The number of H-pyrrole nitrogens is 1. The van der Waals surface area contributed by atoms with Crippen LogP contribution in [0.25, 0.3) is 28.4 Å². The summed E-state index contributed by atoms with van der Waals surface area (Å²) in [5, 5.41) is 4.14. The fraction of sp³-hybridized carbons (Fsp3) is 0.118. The molecular formula is C17H14N4O2. The molecule has 0 aliphatic heterocycles. The summed E-state index contributed by atoms with van der Waals surface area (Å²) in [6.45, 7) is 2.00. The van der Waals surface area contributed by atoms with Gasteiger partial charge in [0.05, 0.1) is 18.1 Å². The van der Waals surface area contributed by atoms with Gasteiger partial charge in [-0.1, -0.05) is 37.3 Å². The zero-order valence-corrected chi connectivity index (χ0v) is 12.5. The van der Waals surface area contributed by atoms with E-state index in [1.165, 1.54) is 10.6 Å². The van der Waals surface area contributed by atoms with Gasteiger partial charge in [0, 0.05) is 12.5 Å². The largest absolute Gasteiger partial charge is 0.441 e. The van der Waals surface area contributed by atoms with Crippen molar-refractivity contribution < 1.29 is 4.42 Å². The minimum Gasteiger partial charge on any atom is -0.441 e. The van der Waals surface area contributed by atoms with Gasteiger partial charge < -0.3 is 9.40 Å². The maximum absolute atomic E-state index is 12.3. The van der Waals surface area contributed by atoms with Gasteiger partial charge in [0.2, 0.25) is 5.89 Å². The molecule has 23 heavy (non-hydrogen) atoms. The third kappa shape index (κ3) is 2.24. The van der Waals surface area contributed by atoms with Gasteiger partial charge in [-0.05, 0) is 5.56 Å². The fourth-order valence-electron chi connectivity index (χ4n) is 2.51. The number of aryl methyl sites for hydroxylation is 1. The molecule has 6 nitrogen and oxygen atoms in total. The molecule has 0 bridgehead atoms. The average molecular weight is 306 g/mol. The summed E-state index contributed by atoms with van der Waals surface area (Å²) in [7, 11) is 0. The van der Waals surface area contributed by atoms with Crippen molar-refractivity contribution in [3.8, 4) is 22.7 Å². The van der Waals surface area contributed by atoms with Crippen LogP contribution in [0.3, 0.4) is 0 Å². The number of oxazole rings is 1. The van der Waals surface area contributed by atoms with Crippen LogP contribution in [-0.2, 0) is 6.42 Å². The lowest BCUT2D eigenvalue weighted by Gasteiger charge is -2.03. The van der Waals surface area contributed by atoms with Crippen LogP contribution >= 0.6 is 0 Å². The van der Waals surface area contributed by atoms with Crippen LogP contribution in [0.2, 0.25) is 0 Å². The van der Waals surface area contributed by atoms with Crippen LogP contribution in [0.1, 0.15) is 12.7 Å². The standard InChI is InChI=1S/C17H14N4O2/c1-2-12-9-18-17(23-12)13-10-19-21-15(22)8-14(20-16(13)21)11-6-4-3-5-7-11/h3-10,20H,2H2,1H3. The molecule has 1 N–H and O–H groups in total. The number of benzene rings is 1. The monoisotopic (exact) mass is 306 g/mol. The molecule has 0 unspecified atom stereocenters. The lowest BCUT2D eigenvalue weighted by molar-refractivity contribution is 0.525. The highest BCUT2D eigenvalue weighted by Gasteiger charge is 2.15. The second-order valence-corrected chi connectivity index (χ2v) is 5.19. The Morgan fingerprint density at radius 3 is 2.78 bits per heavy atom. The van der Waals surface area contributed by atoms with Crippen LogP contribution in [0.5, 0.6) is 0 Å². The van der Waals surface area contributed by atoms with E-state index in [0.717, 1.165) is 23.4 Å². The summed E-state index contributed by atoms with van der Waals surface area (Å²) in [6, 6.07) is 11.2. The van der Waals surface area contributed by atoms with E-state index in [1.807, 2.05) is 37.3 Å². The highest BCUT2D eigenvalue weighted by Crippen LogP contribution is 2.24. The second-order valence-electron chi connectivity index (χ2n) is 5.19. The van der Waals surface area contributed by atoms with Gasteiger partial charge in [-0.15, -0.1) is 0 Å². The number of hydrogen-bond acceptors (Lipinski definition) is 4. The number of aromatic nitrogens is 4. The Morgan fingerprint density at radius 2 is 2.04 bits per heavy atom. The minimum atomic E-state index is -0.203. The van der Waals surface area contributed by atoms with Gasteiger partial charge in [0.15, 0.2) is 5.65 Å². The summed E-state index contributed by atoms with van der Waals surface area (Å²) < 4.78 is 7.00. The molecule has 4 aromatic rings. The predicted octanol–water partition coefficient (Wildman–Crippen LogP) is 2.91. The molecule has 0 spiro atoms. The van der Waals surface area contributed by atoms with Crippen LogP contribution in [0.4, 0.5) is 0 Å². The molecule has 0 atom stereocenters. The van der Waals surface area contributed by atoms with Gasteiger partial charge in [-0.25, -0.2) is 4.98 Å². The number of hydrogen-bond donors (Lipinski definition) is 1. The Bertz CT molecular complexity index is 1030. The van der Waals surface area contributed by atoms with Gasteiger partial charge in [0.25, 0.3) is 5.56 Å². The van der Waals surface area contributed by atoms with E-state index in [1.54, 1.807) is 12.4 Å². The molecule has 3 aromatic heterocycles. The Hall–Kier alpha value is -3.15. The molecule has 0 amide bonds. The Morgan fingerprint density at radius 1 is 1.22 bits per heavy atom. The number of nitrogens with zero attached hydrogens (tertiary/aromatic N) is 3. The summed E-state index contributed by atoms with van der Waals surface area (Å²) >= 11 is 0. The van der Waals surface area contributed by atoms with Crippen LogP contribution in [0.15, 0.2) is 58.0 Å². The van der Waals surface area contributed by atoms with Crippen molar-refractivity contribution in [3.05, 3.63) is 64.9 Å². The van der Waals surface area contributed by atoms with Gasteiger partial charge in [-0.2, -0.15) is 9.61 Å². The zero-order chi connectivity index (χ0) is 15.8. The third-order valence-electron chi connectivity index (χ3n) is 3.72. The molecule has 0 saturated carbocycles. The van der Waals surface area contributed by atoms with Crippen molar-refractivity contribution in [3.63, 3.8) is 0 Å². The highest BCUT2D eigenvalue weighted by molar-refractivity contribution is 5.73. The number of aromatic amines is 1. The van der Waals surface area contributed by atoms with E-state index >= 15 is 0 Å². The number of fused-ring (bicyclic) bond motifs is 1. The lowest BCUT2D eigenvalue weighted by atomic mass is 10.1. The van der Waals surface area contributed by atoms with E-state index in [2.05, 4.69) is 15.1 Å². The Balaban J connectivity index is 1.94. The van der Waals surface area contributed by atoms with Crippen LogP contribution in [-0.4, -0.2) is 19.6 Å². The van der Waals surface area contributed by atoms with Crippen molar-refractivity contribution >= 4 is 5.65 Å². The maximum atomic E-state index is 12.3. The maximum Gasteiger partial charge on any atom is 0.274 e. The quantitative estimate of drug-likeness (QED) is 0.631. The van der Waals surface area contributed by atoms with E-state index < -0.39 is 0 Å². The van der Waals surface area contributed by atoms with E-state index in [4.69, 9.17) is 4.42 Å². The average Bonchev–Trinajstić information content (AvgIpc) is 3.22. The molecule has 3 heterocycles. The van der Waals surface area contributed by atoms with Gasteiger partial charge in [0.1, 0.15) is 11.3 Å². The van der Waals surface area contributed by atoms with E-state index in [-0.39, 0.29) is 5.56 Å². The zero-order valence-electron chi connectivity index (χ0n) is 12.5. The molecule has 0 aliphatic carbocycles. The van der Waals surface area contributed by atoms with Crippen molar-refractivity contribution in [1.29, 1.82) is 0 Å². The second kappa shape index (κ2) is 5.24. The minimum absolute atomic E-state index is 0.203. The summed E-state index contributed by atoms with van der Waals surface area (Å²) in [4.78, 5) is 19.8. The summed E-state index contributed by atoms with van der Waals surface area (Å²) in [6.07, 6.45) is 4.04. The first kappa shape index (κ1) is 13.5. The van der Waals surface area contributed by atoms with Crippen molar-refractivity contribution in [2.45, 2.75) is 13.3 Å². The molecule has 0 aliphatic rings. The van der Waals surface area contributed by atoms with Crippen molar-refractivity contribution in [2.75, 3.05) is 0 Å². The third-order valence-corrected chi connectivity index (χ3v) is 3.72. The van der Waals surface area contributed by atoms with Crippen molar-refractivity contribution in [1.82, 2.24) is 19.6 Å². The molecule has 4 rings (SSSR count). The number of nitrogens with one attached hydrogen (secondary N) is 1. The first-order chi connectivity index (χ1) is 11.3. The highest BCUT2D eigenvalue weighted by atomic mass is 16.4.